The second-order valence-corrected chi connectivity index (χ2v) is 7.64. The van der Waals surface area contributed by atoms with Gasteiger partial charge in [0.05, 0.1) is 23.0 Å². The van der Waals surface area contributed by atoms with Crippen LogP contribution in [0.3, 0.4) is 0 Å². The lowest BCUT2D eigenvalue weighted by molar-refractivity contribution is 0.726. The van der Waals surface area contributed by atoms with E-state index in [1.165, 1.54) is 16.7 Å². The Balaban J connectivity index is 1.66. The van der Waals surface area contributed by atoms with Crippen LogP contribution in [0.5, 0.6) is 0 Å². The molecule has 0 amide bonds. The summed E-state index contributed by atoms with van der Waals surface area (Å²) in [4.78, 5) is 6.91. The fourth-order valence-electron chi connectivity index (χ4n) is 4.44. The van der Waals surface area contributed by atoms with Crippen molar-refractivity contribution in [3.05, 3.63) is 94.9 Å². The van der Waals surface area contributed by atoms with Crippen LogP contribution in [0, 0.1) is 18.3 Å². The lowest BCUT2D eigenvalue weighted by Crippen LogP contribution is -2.30. The molecule has 0 atom stereocenters. The monoisotopic (exact) mass is 378 g/mol. The van der Waals surface area contributed by atoms with Crippen molar-refractivity contribution in [3.63, 3.8) is 0 Å². The highest BCUT2D eigenvalue weighted by atomic mass is 15.2. The summed E-state index contributed by atoms with van der Waals surface area (Å²) in [5.74, 6) is 0. The van der Waals surface area contributed by atoms with Gasteiger partial charge in [0.2, 0.25) is 0 Å². The van der Waals surface area contributed by atoms with E-state index < -0.39 is 0 Å². The van der Waals surface area contributed by atoms with Crippen molar-refractivity contribution in [1.82, 2.24) is 9.55 Å². The molecule has 3 heterocycles. The first-order valence-corrected chi connectivity index (χ1v) is 9.99. The molecular weight excluding hydrogens is 356 g/mol. The molecule has 2 aromatic heterocycles. The maximum absolute atomic E-state index is 9.82. The summed E-state index contributed by atoms with van der Waals surface area (Å²) >= 11 is 0. The number of benzene rings is 2. The highest BCUT2D eigenvalue weighted by Gasteiger charge is 2.23. The SMILES string of the molecule is Cc1c(C#N)c2cncc(N3CCc4ccccc4C3)c2n1Cc1ccccc1. The maximum atomic E-state index is 9.82. The molecule has 1 aliphatic rings. The zero-order valence-corrected chi connectivity index (χ0v) is 16.5. The van der Waals surface area contributed by atoms with E-state index in [0.717, 1.165) is 53.9 Å². The molecule has 0 unspecified atom stereocenters. The number of fused-ring (bicyclic) bond motifs is 2. The molecule has 5 rings (SSSR count). The van der Waals surface area contributed by atoms with Crippen LogP contribution in [0.1, 0.15) is 27.9 Å². The smallest absolute Gasteiger partial charge is 0.102 e. The van der Waals surface area contributed by atoms with Crippen LogP contribution in [0.25, 0.3) is 10.9 Å². The van der Waals surface area contributed by atoms with Crippen LogP contribution < -0.4 is 4.90 Å². The van der Waals surface area contributed by atoms with Gasteiger partial charge in [-0.05, 0) is 30.0 Å². The van der Waals surface area contributed by atoms with E-state index in [0.29, 0.717) is 0 Å². The molecule has 0 fully saturated rings. The van der Waals surface area contributed by atoms with Crippen molar-refractivity contribution in [2.24, 2.45) is 0 Å². The normalized spacial score (nSPS) is 13.3. The lowest BCUT2D eigenvalue weighted by Gasteiger charge is -2.31. The van der Waals surface area contributed by atoms with Gasteiger partial charge < -0.3 is 9.47 Å². The van der Waals surface area contributed by atoms with Gasteiger partial charge in [-0.25, -0.2) is 0 Å². The maximum Gasteiger partial charge on any atom is 0.102 e. The Kier molecular flexibility index (Phi) is 4.29. The van der Waals surface area contributed by atoms with Crippen LogP contribution in [0.4, 0.5) is 5.69 Å². The molecule has 0 spiro atoms. The molecule has 1 aliphatic heterocycles. The summed E-state index contributed by atoms with van der Waals surface area (Å²) < 4.78 is 2.28. The third-order valence-electron chi connectivity index (χ3n) is 5.97. The molecule has 0 aliphatic carbocycles. The predicted octanol–water partition coefficient (Wildman–Crippen LogP) is 4.83. The van der Waals surface area contributed by atoms with Crippen molar-refractivity contribution < 1.29 is 0 Å². The number of hydrogen-bond acceptors (Lipinski definition) is 3. The second kappa shape index (κ2) is 7.10. The zero-order valence-electron chi connectivity index (χ0n) is 16.5. The minimum Gasteiger partial charge on any atom is -0.364 e. The molecule has 142 valence electrons. The van der Waals surface area contributed by atoms with Crippen molar-refractivity contribution in [3.8, 4) is 6.07 Å². The van der Waals surface area contributed by atoms with E-state index in [4.69, 9.17) is 0 Å². The number of aromatic nitrogens is 2. The van der Waals surface area contributed by atoms with Crippen LogP contribution in [0.15, 0.2) is 67.0 Å². The summed E-state index contributed by atoms with van der Waals surface area (Å²) in [5, 5.41) is 10.8. The third-order valence-corrected chi connectivity index (χ3v) is 5.97. The van der Waals surface area contributed by atoms with Gasteiger partial charge in [-0.1, -0.05) is 54.6 Å². The minimum absolute atomic E-state index is 0.725. The molecule has 4 aromatic rings. The van der Waals surface area contributed by atoms with E-state index in [9.17, 15) is 5.26 Å². The Hall–Kier alpha value is -3.58. The largest absolute Gasteiger partial charge is 0.364 e. The van der Waals surface area contributed by atoms with E-state index in [2.05, 4.69) is 69.1 Å². The van der Waals surface area contributed by atoms with Gasteiger partial charge >= 0.3 is 0 Å². The number of hydrogen-bond donors (Lipinski definition) is 0. The van der Waals surface area contributed by atoms with E-state index in [1.807, 2.05) is 25.4 Å². The Labute approximate surface area is 170 Å². The zero-order chi connectivity index (χ0) is 19.8. The Bertz CT molecular complexity index is 1230. The van der Waals surface area contributed by atoms with Gasteiger partial charge in [-0.2, -0.15) is 5.26 Å². The molecule has 4 heteroatoms. The number of nitriles is 1. The minimum atomic E-state index is 0.725. The Morgan fingerprint density at radius 1 is 1.00 bits per heavy atom. The first-order valence-electron chi connectivity index (χ1n) is 9.99. The van der Waals surface area contributed by atoms with Crippen LogP contribution in [-0.4, -0.2) is 16.1 Å². The van der Waals surface area contributed by atoms with Crippen molar-refractivity contribution >= 4 is 16.6 Å². The molecular formula is C25H22N4. The van der Waals surface area contributed by atoms with Gasteiger partial charge in [-0.3, -0.25) is 4.98 Å². The summed E-state index contributed by atoms with van der Waals surface area (Å²) in [6.45, 7) is 4.60. The molecule has 0 N–H and O–H groups in total. The standard InChI is InChI=1S/C25H22N4/c1-18-22(13-26)23-14-27-15-24(25(23)29(18)16-19-7-3-2-4-8-19)28-12-11-20-9-5-6-10-21(20)17-28/h2-10,14-15H,11-12,16-17H2,1H3. The summed E-state index contributed by atoms with van der Waals surface area (Å²) in [7, 11) is 0. The van der Waals surface area contributed by atoms with Crippen molar-refractivity contribution in [2.75, 3.05) is 11.4 Å². The number of anilines is 1. The van der Waals surface area contributed by atoms with Gasteiger partial charge in [0.25, 0.3) is 0 Å². The number of nitrogens with zero attached hydrogens (tertiary/aromatic N) is 4. The lowest BCUT2D eigenvalue weighted by atomic mass is 9.99. The van der Waals surface area contributed by atoms with Crippen LogP contribution in [0.2, 0.25) is 0 Å². The van der Waals surface area contributed by atoms with E-state index in [-0.39, 0.29) is 0 Å². The number of rotatable bonds is 3. The second-order valence-electron chi connectivity index (χ2n) is 7.64. The van der Waals surface area contributed by atoms with Crippen LogP contribution in [-0.2, 0) is 19.5 Å². The van der Waals surface area contributed by atoms with E-state index in [1.54, 1.807) is 0 Å². The third kappa shape index (κ3) is 2.96. The van der Waals surface area contributed by atoms with Gasteiger partial charge in [-0.15, -0.1) is 0 Å². The van der Waals surface area contributed by atoms with Gasteiger partial charge in [0.15, 0.2) is 0 Å². The summed E-state index contributed by atoms with van der Waals surface area (Å²) in [6.07, 6.45) is 4.82. The number of pyridine rings is 1. The summed E-state index contributed by atoms with van der Waals surface area (Å²) in [6, 6.07) is 21.5. The summed E-state index contributed by atoms with van der Waals surface area (Å²) in [5.41, 5.74) is 7.96. The highest BCUT2D eigenvalue weighted by Crippen LogP contribution is 2.35. The van der Waals surface area contributed by atoms with Crippen molar-refractivity contribution in [2.45, 2.75) is 26.4 Å². The molecule has 2 aromatic carbocycles. The Morgan fingerprint density at radius 3 is 2.55 bits per heavy atom. The predicted molar refractivity (Wildman–Crippen MR) is 116 cm³/mol. The van der Waals surface area contributed by atoms with Crippen molar-refractivity contribution in [1.29, 1.82) is 5.26 Å². The first kappa shape index (κ1) is 17.5. The average molecular weight is 378 g/mol. The molecule has 4 nitrogen and oxygen atoms in total. The molecule has 0 radical (unpaired) electrons. The highest BCUT2D eigenvalue weighted by molar-refractivity contribution is 5.96. The average Bonchev–Trinajstić information content (AvgIpc) is 3.05. The topological polar surface area (TPSA) is 44.9 Å². The Morgan fingerprint density at radius 2 is 1.76 bits per heavy atom. The molecule has 0 saturated heterocycles. The quantitative estimate of drug-likeness (QED) is 0.513. The van der Waals surface area contributed by atoms with E-state index >= 15 is 0 Å². The molecule has 0 bridgehead atoms. The van der Waals surface area contributed by atoms with Gasteiger partial charge in [0.1, 0.15) is 6.07 Å². The fraction of sp³-hybridized carbons (Fsp3) is 0.200. The molecule has 0 saturated carbocycles. The van der Waals surface area contributed by atoms with Crippen LogP contribution >= 0.6 is 0 Å². The fourth-order valence-corrected chi connectivity index (χ4v) is 4.44. The van der Waals surface area contributed by atoms with Gasteiger partial charge in [0, 0.05) is 36.9 Å². The first-order chi connectivity index (χ1) is 14.3. The molecule has 29 heavy (non-hydrogen) atoms.